The summed E-state index contributed by atoms with van der Waals surface area (Å²) in [5.74, 6) is 0. The summed E-state index contributed by atoms with van der Waals surface area (Å²) >= 11 is 0. The van der Waals surface area contributed by atoms with Crippen LogP contribution in [-0.4, -0.2) is 27.9 Å². The summed E-state index contributed by atoms with van der Waals surface area (Å²) < 4.78 is 0. The Morgan fingerprint density at radius 3 is 1.27 bits per heavy atom. The highest BCUT2D eigenvalue weighted by Gasteiger charge is 1.99. The number of hydrogen-bond donors (Lipinski definition) is 0. The average Bonchev–Trinajstić information content (AvgIpc) is 2.99. The van der Waals surface area contributed by atoms with E-state index in [-0.39, 0.29) is 0 Å². The van der Waals surface area contributed by atoms with Gasteiger partial charge in [0.2, 0.25) is 0 Å². The lowest BCUT2D eigenvalue weighted by Crippen LogP contribution is -2.04. The van der Waals surface area contributed by atoms with E-state index >= 15 is 0 Å². The number of hydrogen-bond acceptors (Lipinski definition) is 4. The van der Waals surface area contributed by atoms with Crippen LogP contribution < -0.4 is 0 Å². The van der Waals surface area contributed by atoms with Gasteiger partial charge in [0.1, 0.15) is 6.54 Å². The third kappa shape index (κ3) is 20.6. The van der Waals surface area contributed by atoms with Crippen molar-refractivity contribution in [1.82, 2.24) is 9.97 Å². The van der Waals surface area contributed by atoms with Crippen molar-refractivity contribution in [2.24, 2.45) is 5.11 Å². The monoisotopic (exact) mass is 550 g/mol. The Bertz CT molecular complexity index is 828. The van der Waals surface area contributed by atoms with Gasteiger partial charge in [0.05, 0.1) is 0 Å². The number of pyridine rings is 2. The Balaban J connectivity index is 1.23. The molecule has 0 aliphatic heterocycles. The van der Waals surface area contributed by atoms with Crippen molar-refractivity contribution in [3.05, 3.63) is 65.4 Å². The van der Waals surface area contributed by atoms with E-state index in [2.05, 4.69) is 27.2 Å². The van der Waals surface area contributed by atoms with Crippen LogP contribution in [0.5, 0.6) is 0 Å². The SMILES string of the molecule is [O-][N+](CCCCCCCCCCCCc1cccnc1)=NCCCCCCCCCCCCCc1cccnc1. The van der Waals surface area contributed by atoms with E-state index in [1.807, 2.05) is 36.9 Å². The van der Waals surface area contributed by atoms with Gasteiger partial charge < -0.3 is 5.21 Å². The van der Waals surface area contributed by atoms with E-state index < -0.39 is 0 Å². The summed E-state index contributed by atoms with van der Waals surface area (Å²) in [6.07, 6.45) is 37.0. The van der Waals surface area contributed by atoms with Crippen molar-refractivity contribution in [2.45, 2.75) is 148 Å². The van der Waals surface area contributed by atoms with Crippen molar-refractivity contribution in [2.75, 3.05) is 13.1 Å². The highest BCUT2D eigenvalue weighted by molar-refractivity contribution is 5.08. The van der Waals surface area contributed by atoms with Crippen molar-refractivity contribution in [3.63, 3.8) is 0 Å². The molecule has 5 heteroatoms. The number of aryl methyl sites for hydroxylation is 2. The van der Waals surface area contributed by atoms with Gasteiger partial charge in [-0.25, -0.2) is 0 Å². The van der Waals surface area contributed by atoms with Crippen LogP contribution in [0.2, 0.25) is 0 Å². The molecule has 0 spiro atoms. The molecule has 0 atom stereocenters. The predicted octanol–water partition coefficient (Wildman–Crippen LogP) is 10.4. The molecule has 2 heterocycles. The fourth-order valence-corrected chi connectivity index (χ4v) is 5.37. The summed E-state index contributed by atoms with van der Waals surface area (Å²) in [4.78, 5) is 9.31. The number of aromatic nitrogens is 2. The molecule has 2 rings (SSSR count). The summed E-state index contributed by atoms with van der Waals surface area (Å²) in [6.45, 7) is 1.27. The van der Waals surface area contributed by atoms with Gasteiger partial charge in [-0.3, -0.25) is 9.97 Å². The van der Waals surface area contributed by atoms with Gasteiger partial charge in [0.25, 0.3) is 0 Å². The normalized spacial score (nSPS) is 11.8. The zero-order valence-corrected chi connectivity index (χ0v) is 25.5. The van der Waals surface area contributed by atoms with Crippen molar-refractivity contribution in [1.29, 1.82) is 0 Å². The highest BCUT2D eigenvalue weighted by atomic mass is 16.5. The summed E-state index contributed by atoms with van der Waals surface area (Å²) in [7, 11) is 0. The van der Waals surface area contributed by atoms with Crippen LogP contribution in [-0.2, 0) is 12.8 Å². The first kappa shape index (κ1) is 33.9. The first-order valence-electron chi connectivity index (χ1n) is 16.7. The fraction of sp³-hybridized carbons (Fsp3) is 0.714. The van der Waals surface area contributed by atoms with E-state index in [4.69, 9.17) is 0 Å². The van der Waals surface area contributed by atoms with E-state index in [0.717, 1.165) is 30.5 Å². The largest absolute Gasteiger partial charge is 0.600 e. The Kier molecular flexibility index (Phi) is 21.7. The molecule has 0 radical (unpaired) electrons. The molecule has 0 aliphatic rings. The Hall–Kier alpha value is -2.30. The second-order valence-electron chi connectivity index (χ2n) is 11.6. The lowest BCUT2D eigenvalue weighted by Gasteiger charge is -2.04. The predicted molar refractivity (Wildman–Crippen MR) is 169 cm³/mol. The Morgan fingerprint density at radius 2 is 0.875 bits per heavy atom. The summed E-state index contributed by atoms with van der Waals surface area (Å²) in [5, 5.41) is 16.1. The number of azo groups is 1. The van der Waals surface area contributed by atoms with Gasteiger partial charge in [-0.1, -0.05) is 120 Å². The number of rotatable bonds is 27. The van der Waals surface area contributed by atoms with E-state index in [1.54, 1.807) is 0 Å². The van der Waals surface area contributed by atoms with Crippen LogP contribution in [0.15, 0.2) is 54.2 Å². The number of nitrogens with zero attached hydrogens (tertiary/aromatic N) is 4. The van der Waals surface area contributed by atoms with E-state index in [9.17, 15) is 5.21 Å². The fourth-order valence-electron chi connectivity index (χ4n) is 5.37. The van der Waals surface area contributed by atoms with Gasteiger partial charge >= 0.3 is 0 Å². The molecule has 0 fully saturated rings. The van der Waals surface area contributed by atoms with Gasteiger partial charge in [-0.2, -0.15) is 0 Å². The van der Waals surface area contributed by atoms with Crippen LogP contribution in [0.3, 0.4) is 0 Å². The second-order valence-corrected chi connectivity index (χ2v) is 11.6. The zero-order chi connectivity index (χ0) is 28.2. The minimum absolute atomic E-state index is 0.570. The molecule has 2 aromatic heterocycles. The van der Waals surface area contributed by atoms with Crippen molar-refractivity contribution in [3.8, 4) is 0 Å². The highest BCUT2D eigenvalue weighted by Crippen LogP contribution is 2.14. The van der Waals surface area contributed by atoms with Crippen LogP contribution in [0.25, 0.3) is 0 Å². The zero-order valence-electron chi connectivity index (χ0n) is 25.5. The van der Waals surface area contributed by atoms with Gasteiger partial charge in [0.15, 0.2) is 6.54 Å². The van der Waals surface area contributed by atoms with Gasteiger partial charge in [-0.05, 0) is 66.9 Å². The maximum atomic E-state index is 11.9. The van der Waals surface area contributed by atoms with Crippen molar-refractivity contribution < 1.29 is 4.86 Å². The molecule has 0 saturated carbocycles. The maximum Gasteiger partial charge on any atom is 0.180 e. The molecular formula is C35H58N4O. The standard InChI is InChI=1S/C35H58N4O/c40-39(31-21-17-13-9-5-3-7-11-15-19-25-35-27-23-29-37-33-35)38-30-20-16-12-8-4-1-2-6-10-14-18-24-34-26-22-28-36-32-34/h22-23,26-29,32-33H,1-21,24-25,30-31H2. The molecule has 0 aromatic carbocycles. The summed E-state index contributed by atoms with van der Waals surface area (Å²) in [6, 6.07) is 8.41. The molecule has 0 amide bonds. The van der Waals surface area contributed by atoms with Crippen molar-refractivity contribution >= 4 is 0 Å². The lowest BCUT2D eigenvalue weighted by atomic mass is 10.0. The third-order valence-corrected chi connectivity index (χ3v) is 7.89. The summed E-state index contributed by atoms with van der Waals surface area (Å²) in [5.41, 5.74) is 2.73. The van der Waals surface area contributed by atoms with E-state index in [1.165, 1.54) is 133 Å². The van der Waals surface area contributed by atoms with Gasteiger partial charge in [0, 0.05) is 31.2 Å². The molecule has 5 nitrogen and oxygen atoms in total. The molecule has 0 bridgehead atoms. The minimum Gasteiger partial charge on any atom is -0.600 e. The minimum atomic E-state index is 0.570. The van der Waals surface area contributed by atoms with Crippen LogP contribution in [0, 0.1) is 5.21 Å². The van der Waals surface area contributed by atoms with Crippen LogP contribution in [0.1, 0.15) is 146 Å². The average molecular weight is 551 g/mol. The lowest BCUT2D eigenvalue weighted by molar-refractivity contribution is -0.531. The first-order chi connectivity index (χ1) is 19.8. The maximum absolute atomic E-state index is 11.9. The quantitative estimate of drug-likeness (QED) is 0.0481. The van der Waals surface area contributed by atoms with Crippen LogP contribution in [0.4, 0.5) is 0 Å². The first-order valence-corrected chi connectivity index (χ1v) is 16.7. The van der Waals surface area contributed by atoms with E-state index in [0.29, 0.717) is 13.1 Å². The molecule has 224 valence electrons. The molecule has 0 aliphatic carbocycles. The molecule has 0 N–H and O–H groups in total. The second kappa shape index (κ2) is 25.7. The molecule has 0 saturated heterocycles. The van der Waals surface area contributed by atoms with Crippen LogP contribution >= 0.6 is 0 Å². The molecular weight excluding hydrogens is 492 g/mol. The number of unbranched alkanes of at least 4 members (excludes halogenated alkanes) is 19. The Morgan fingerprint density at radius 1 is 0.500 bits per heavy atom. The smallest absolute Gasteiger partial charge is 0.180 e. The van der Waals surface area contributed by atoms with Gasteiger partial charge in [-0.15, -0.1) is 0 Å². The third-order valence-electron chi connectivity index (χ3n) is 7.89. The topological polar surface area (TPSA) is 64.2 Å². The number of hydroxylamine groups is 1. The molecule has 0 unspecified atom stereocenters. The Labute approximate surface area is 245 Å². The molecule has 40 heavy (non-hydrogen) atoms. The molecule has 2 aromatic rings.